The molecule has 0 radical (unpaired) electrons. The van der Waals surface area contributed by atoms with Crippen LogP contribution in [0.1, 0.15) is 19.8 Å². The van der Waals surface area contributed by atoms with E-state index in [1.807, 2.05) is 0 Å². The second kappa shape index (κ2) is 6.33. The average Bonchev–Trinajstić information content (AvgIpc) is 2.97. The molecule has 7 heteroatoms. The molecule has 3 rings (SSSR count). The van der Waals surface area contributed by atoms with Gasteiger partial charge in [0.15, 0.2) is 0 Å². The van der Waals surface area contributed by atoms with Gasteiger partial charge in [0.05, 0.1) is 18.6 Å². The summed E-state index contributed by atoms with van der Waals surface area (Å²) in [6, 6.07) is 0. The standard InChI is InChI=1S/C19H24O7/c1-8(2)17(22)25-12-5-9(3)11-6-13(21)19(24,7-20)15(11)16-14(12)10(4)18(23)26-16/h11-16,20-21,24H,1,3-7H2,2H3/t11?,12-,13-,14+,15?,16-,19+/m0/s1. The molecule has 26 heavy (non-hydrogen) atoms. The van der Waals surface area contributed by atoms with Crippen LogP contribution in [0.2, 0.25) is 0 Å². The molecular weight excluding hydrogens is 340 g/mol. The van der Waals surface area contributed by atoms with E-state index in [1.54, 1.807) is 0 Å². The highest BCUT2D eigenvalue weighted by Gasteiger charge is 2.64. The molecule has 3 N–H and O–H groups in total. The minimum absolute atomic E-state index is 0.143. The third kappa shape index (κ3) is 2.62. The van der Waals surface area contributed by atoms with Crippen molar-refractivity contribution in [2.45, 2.75) is 43.7 Å². The van der Waals surface area contributed by atoms with E-state index in [-0.39, 0.29) is 29.9 Å². The van der Waals surface area contributed by atoms with Crippen LogP contribution in [0.4, 0.5) is 0 Å². The lowest BCUT2D eigenvalue weighted by atomic mass is 9.76. The zero-order valence-electron chi connectivity index (χ0n) is 14.7. The summed E-state index contributed by atoms with van der Waals surface area (Å²) < 4.78 is 11.0. The van der Waals surface area contributed by atoms with E-state index in [0.29, 0.717) is 5.57 Å². The number of ether oxygens (including phenoxy) is 2. The van der Waals surface area contributed by atoms with Gasteiger partial charge >= 0.3 is 11.9 Å². The molecule has 1 heterocycles. The molecular formula is C19H24O7. The van der Waals surface area contributed by atoms with Crippen LogP contribution < -0.4 is 0 Å². The summed E-state index contributed by atoms with van der Waals surface area (Å²) in [5, 5.41) is 31.0. The maximum absolute atomic E-state index is 12.2. The predicted octanol–water partition coefficient (Wildman–Crippen LogP) is 0.252. The number of rotatable bonds is 3. The highest BCUT2D eigenvalue weighted by molar-refractivity contribution is 5.91. The van der Waals surface area contributed by atoms with Gasteiger partial charge in [-0.05, 0) is 19.3 Å². The van der Waals surface area contributed by atoms with E-state index in [9.17, 15) is 24.9 Å². The number of fused-ring (bicyclic) bond motifs is 3. The summed E-state index contributed by atoms with van der Waals surface area (Å²) in [6.07, 6.45) is -2.39. The molecule has 2 saturated carbocycles. The Morgan fingerprint density at radius 1 is 1.42 bits per heavy atom. The molecule has 7 atom stereocenters. The molecule has 3 fully saturated rings. The SMILES string of the molecule is C=C(C)C(=O)O[C@H]1CC(=C)C2C[C@H](O)[C@](O)(CO)C2[C@H]2OC(=O)C(=C)[C@H]12. The molecule has 1 aliphatic heterocycles. The van der Waals surface area contributed by atoms with E-state index in [0.717, 1.165) is 0 Å². The van der Waals surface area contributed by atoms with Gasteiger partial charge in [0.2, 0.25) is 0 Å². The summed E-state index contributed by atoms with van der Waals surface area (Å²) in [5.41, 5.74) is -0.815. The van der Waals surface area contributed by atoms with Crippen LogP contribution in [-0.4, -0.2) is 57.8 Å². The van der Waals surface area contributed by atoms with E-state index >= 15 is 0 Å². The van der Waals surface area contributed by atoms with Gasteiger partial charge in [0.25, 0.3) is 0 Å². The molecule has 0 aromatic rings. The predicted molar refractivity (Wildman–Crippen MR) is 90.6 cm³/mol. The number of esters is 2. The minimum atomic E-state index is -1.84. The van der Waals surface area contributed by atoms with Crippen molar-refractivity contribution >= 4 is 11.9 Å². The molecule has 0 amide bonds. The van der Waals surface area contributed by atoms with Crippen molar-refractivity contribution in [1.82, 2.24) is 0 Å². The molecule has 3 aliphatic rings. The second-order valence-electron chi connectivity index (χ2n) is 7.54. The number of hydrogen-bond donors (Lipinski definition) is 3. The molecule has 1 saturated heterocycles. The van der Waals surface area contributed by atoms with Crippen LogP contribution in [0.15, 0.2) is 36.5 Å². The van der Waals surface area contributed by atoms with E-state index in [2.05, 4.69) is 19.7 Å². The van der Waals surface area contributed by atoms with Gasteiger partial charge in [0, 0.05) is 23.5 Å². The van der Waals surface area contributed by atoms with E-state index < -0.39 is 54.3 Å². The van der Waals surface area contributed by atoms with Gasteiger partial charge in [-0.25, -0.2) is 9.59 Å². The Hall–Kier alpha value is -1.96. The second-order valence-corrected chi connectivity index (χ2v) is 7.54. The summed E-state index contributed by atoms with van der Waals surface area (Å²) >= 11 is 0. The van der Waals surface area contributed by atoms with Crippen LogP contribution >= 0.6 is 0 Å². The first-order chi connectivity index (χ1) is 12.1. The van der Waals surface area contributed by atoms with Gasteiger partial charge in [-0.15, -0.1) is 0 Å². The smallest absolute Gasteiger partial charge is 0.334 e. The molecule has 0 bridgehead atoms. The monoisotopic (exact) mass is 364 g/mol. The lowest BCUT2D eigenvalue weighted by Crippen LogP contribution is -2.53. The van der Waals surface area contributed by atoms with Gasteiger partial charge in [-0.2, -0.15) is 0 Å². The third-order valence-corrected chi connectivity index (χ3v) is 5.93. The molecule has 0 spiro atoms. The normalized spacial score (nSPS) is 41.9. The van der Waals surface area contributed by atoms with Crippen molar-refractivity contribution in [3.05, 3.63) is 36.5 Å². The van der Waals surface area contributed by atoms with Gasteiger partial charge in [-0.3, -0.25) is 0 Å². The highest BCUT2D eigenvalue weighted by Crippen LogP contribution is 2.54. The quantitative estimate of drug-likeness (QED) is 0.374. The highest BCUT2D eigenvalue weighted by atomic mass is 16.6. The van der Waals surface area contributed by atoms with E-state index in [1.165, 1.54) is 6.92 Å². The summed E-state index contributed by atoms with van der Waals surface area (Å²) in [7, 11) is 0. The first-order valence-electron chi connectivity index (χ1n) is 8.57. The fourth-order valence-electron chi connectivity index (χ4n) is 4.54. The first-order valence-corrected chi connectivity index (χ1v) is 8.57. The molecule has 2 aliphatic carbocycles. The van der Waals surface area contributed by atoms with Gasteiger partial charge in [-0.1, -0.05) is 25.3 Å². The van der Waals surface area contributed by atoms with Crippen molar-refractivity contribution in [1.29, 1.82) is 0 Å². The van der Waals surface area contributed by atoms with Crippen molar-refractivity contribution in [2.24, 2.45) is 17.8 Å². The largest absolute Gasteiger partial charge is 0.458 e. The van der Waals surface area contributed by atoms with Crippen LogP contribution in [-0.2, 0) is 19.1 Å². The van der Waals surface area contributed by atoms with Crippen molar-refractivity contribution in [3.63, 3.8) is 0 Å². The number of carbonyl (C=O) groups excluding carboxylic acids is 2. The Morgan fingerprint density at radius 3 is 2.65 bits per heavy atom. The van der Waals surface area contributed by atoms with Gasteiger partial charge in [0.1, 0.15) is 17.8 Å². The van der Waals surface area contributed by atoms with Crippen molar-refractivity contribution in [3.8, 4) is 0 Å². The van der Waals surface area contributed by atoms with Gasteiger partial charge < -0.3 is 24.8 Å². The third-order valence-electron chi connectivity index (χ3n) is 5.93. The molecule has 7 nitrogen and oxygen atoms in total. The number of aliphatic hydroxyl groups is 3. The first kappa shape index (κ1) is 18.8. The molecule has 0 aromatic heterocycles. The Morgan fingerprint density at radius 2 is 2.08 bits per heavy atom. The number of carbonyl (C=O) groups is 2. The maximum Gasteiger partial charge on any atom is 0.334 e. The van der Waals surface area contributed by atoms with Crippen molar-refractivity contribution in [2.75, 3.05) is 6.61 Å². The van der Waals surface area contributed by atoms with E-state index in [4.69, 9.17) is 9.47 Å². The summed E-state index contributed by atoms with van der Waals surface area (Å²) in [6.45, 7) is 12.2. The summed E-state index contributed by atoms with van der Waals surface area (Å²) in [5.74, 6) is -3.08. The average molecular weight is 364 g/mol. The lowest BCUT2D eigenvalue weighted by molar-refractivity contribution is -0.164. The Bertz CT molecular complexity index is 696. The number of aliphatic hydroxyl groups excluding tert-OH is 2. The Labute approximate surface area is 151 Å². The molecule has 142 valence electrons. The van der Waals surface area contributed by atoms with Crippen molar-refractivity contribution < 1.29 is 34.4 Å². The Balaban J connectivity index is 2.04. The Kier molecular flexibility index (Phi) is 4.58. The molecule has 0 aromatic carbocycles. The zero-order valence-corrected chi connectivity index (χ0v) is 14.7. The fourth-order valence-corrected chi connectivity index (χ4v) is 4.54. The van der Waals surface area contributed by atoms with Crippen LogP contribution in [0.3, 0.4) is 0 Å². The van der Waals surface area contributed by atoms with Crippen LogP contribution in [0, 0.1) is 17.8 Å². The lowest BCUT2D eigenvalue weighted by Gasteiger charge is -2.37. The minimum Gasteiger partial charge on any atom is -0.458 e. The summed E-state index contributed by atoms with van der Waals surface area (Å²) in [4.78, 5) is 24.2. The molecule has 2 unspecified atom stereocenters. The zero-order chi connectivity index (χ0) is 19.4. The van der Waals surface area contributed by atoms with Crippen LogP contribution in [0.5, 0.6) is 0 Å². The van der Waals surface area contributed by atoms with Crippen LogP contribution in [0.25, 0.3) is 0 Å². The fraction of sp³-hybridized carbons (Fsp3) is 0.579. The maximum atomic E-state index is 12.2. The number of hydrogen-bond acceptors (Lipinski definition) is 7. The topological polar surface area (TPSA) is 113 Å².